The van der Waals surface area contributed by atoms with Crippen molar-refractivity contribution >= 4 is 16.7 Å². The van der Waals surface area contributed by atoms with Gasteiger partial charge in [-0.25, -0.2) is 4.98 Å². The SMILES string of the molecule is FC(F)(F)c1cccnc1-c1ccc(-c2nc3ccc(N4CCOCC4)cc3[nH]2)cc1. The maximum absolute atomic E-state index is 13.3. The number of fused-ring (bicyclic) bond motifs is 1. The number of hydrogen-bond acceptors (Lipinski definition) is 4. The summed E-state index contributed by atoms with van der Waals surface area (Å²) in [4.78, 5) is 14.2. The van der Waals surface area contributed by atoms with Crippen molar-refractivity contribution in [3.05, 3.63) is 66.4 Å². The molecule has 0 spiro atoms. The Balaban J connectivity index is 1.45. The van der Waals surface area contributed by atoms with Crippen molar-refractivity contribution in [3.8, 4) is 22.6 Å². The van der Waals surface area contributed by atoms with Crippen molar-refractivity contribution in [2.75, 3.05) is 31.2 Å². The average Bonchev–Trinajstić information content (AvgIpc) is 3.23. The summed E-state index contributed by atoms with van der Waals surface area (Å²) in [7, 11) is 0. The van der Waals surface area contributed by atoms with Crippen molar-refractivity contribution in [1.82, 2.24) is 15.0 Å². The first kappa shape index (κ1) is 19.6. The molecule has 5 nitrogen and oxygen atoms in total. The van der Waals surface area contributed by atoms with Crippen LogP contribution >= 0.6 is 0 Å². The quantitative estimate of drug-likeness (QED) is 0.494. The van der Waals surface area contributed by atoms with Crippen LogP contribution in [0.15, 0.2) is 60.8 Å². The second-order valence-electron chi connectivity index (χ2n) is 7.36. The number of benzene rings is 2. The summed E-state index contributed by atoms with van der Waals surface area (Å²) in [6, 6.07) is 15.2. The summed E-state index contributed by atoms with van der Waals surface area (Å²) >= 11 is 0. The van der Waals surface area contributed by atoms with Crippen LogP contribution in [0.1, 0.15) is 5.56 Å². The maximum Gasteiger partial charge on any atom is 0.418 e. The Hall–Kier alpha value is -3.39. The van der Waals surface area contributed by atoms with Crippen LogP contribution in [-0.4, -0.2) is 41.3 Å². The number of aromatic nitrogens is 3. The molecular weight excluding hydrogens is 405 g/mol. The van der Waals surface area contributed by atoms with E-state index in [2.05, 4.69) is 25.9 Å². The van der Waals surface area contributed by atoms with E-state index < -0.39 is 11.7 Å². The number of anilines is 1. The number of nitrogens with one attached hydrogen (secondary N) is 1. The molecular formula is C23H19F3N4O. The van der Waals surface area contributed by atoms with E-state index in [0.717, 1.165) is 41.4 Å². The van der Waals surface area contributed by atoms with Crippen molar-refractivity contribution in [2.24, 2.45) is 0 Å². The Morgan fingerprint density at radius 1 is 0.935 bits per heavy atom. The lowest BCUT2D eigenvalue weighted by Crippen LogP contribution is -2.36. The average molecular weight is 424 g/mol. The molecule has 0 unspecified atom stereocenters. The van der Waals surface area contributed by atoms with Gasteiger partial charge in [0.15, 0.2) is 0 Å². The Bertz CT molecular complexity index is 1210. The number of aromatic amines is 1. The number of ether oxygens (including phenoxy) is 1. The van der Waals surface area contributed by atoms with E-state index in [1.54, 1.807) is 24.3 Å². The molecule has 31 heavy (non-hydrogen) atoms. The van der Waals surface area contributed by atoms with E-state index in [1.165, 1.54) is 12.3 Å². The van der Waals surface area contributed by atoms with Crippen LogP contribution in [0.2, 0.25) is 0 Å². The van der Waals surface area contributed by atoms with Crippen LogP contribution in [0.3, 0.4) is 0 Å². The lowest BCUT2D eigenvalue weighted by Gasteiger charge is -2.28. The topological polar surface area (TPSA) is 54.0 Å². The zero-order valence-electron chi connectivity index (χ0n) is 16.5. The molecule has 0 radical (unpaired) electrons. The van der Waals surface area contributed by atoms with Gasteiger partial charge in [0.2, 0.25) is 0 Å². The summed E-state index contributed by atoms with van der Waals surface area (Å²) < 4.78 is 45.3. The van der Waals surface area contributed by atoms with Gasteiger partial charge < -0.3 is 14.6 Å². The molecule has 1 saturated heterocycles. The molecule has 1 fully saturated rings. The molecule has 1 aliphatic rings. The minimum atomic E-state index is -4.46. The summed E-state index contributed by atoms with van der Waals surface area (Å²) in [6.45, 7) is 3.12. The van der Waals surface area contributed by atoms with Gasteiger partial charge in [-0.2, -0.15) is 13.2 Å². The molecule has 4 aromatic rings. The second kappa shape index (κ2) is 7.70. The number of nitrogens with zero attached hydrogens (tertiary/aromatic N) is 3. The van der Waals surface area contributed by atoms with Crippen LogP contribution in [-0.2, 0) is 10.9 Å². The largest absolute Gasteiger partial charge is 0.418 e. The maximum atomic E-state index is 13.3. The summed E-state index contributed by atoms with van der Waals surface area (Å²) in [5, 5.41) is 0. The highest BCUT2D eigenvalue weighted by molar-refractivity contribution is 5.83. The highest BCUT2D eigenvalue weighted by Gasteiger charge is 2.34. The Kier molecular flexibility index (Phi) is 4.86. The van der Waals surface area contributed by atoms with Crippen molar-refractivity contribution in [3.63, 3.8) is 0 Å². The van der Waals surface area contributed by atoms with E-state index in [0.29, 0.717) is 24.6 Å². The van der Waals surface area contributed by atoms with E-state index in [9.17, 15) is 13.2 Å². The third kappa shape index (κ3) is 3.86. The molecule has 158 valence electrons. The molecule has 0 aliphatic carbocycles. The van der Waals surface area contributed by atoms with Gasteiger partial charge in [0.1, 0.15) is 5.82 Å². The standard InChI is InChI=1S/C23H19F3N4O/c24-23(25,26)18-2-1-9-27-21(18)15-3-5-16(6-4-15)22-28-19-8-7-17(14-20(19)29-22)30-10-12-31-13-11-30/h1-9,14H,10-13H2,(H,28,29). The predicted molar refractivity (Wildman–Crippen MR) is 113 cm³/mol. The molecule has 0 amide bonds. The minimum absolute atomic E-state index is 0.0821. The minimum Gasteiger partial charge on any atom is -0.378 e. The Morgan fingerprint density at radius 2 is 1.68 bits per heavy atom. The smallest absolute Gasteiger partial charge is 0.378 e. The van der Waals surface area contributed by atoms with Gasteiger partial charge in [-0.05, 0) is 30.3 Å². The van der Waals surface area contributed by atoms with Crippen LogP contribution in [0.25, 0.3) is 33.7 Å². The lowest BCUT2D eigenvalue weighted by atomic mass is 10.0. The van der Waals surface area contributed by atoms with Gasteiger partial charge in [0.05, 0.1) is 35.5 Å². The number of pyridine rings is 1. The van der Waals surface area contributed by atoms with E-state index in [-0.39, 0.29) is 5.69 Å². The van der Waals surface area contributed by atoms with Gasteiger partial charge in [-0.3, -0.25) is 4.98 Å². The zero-order chi connectivity index (χ0) is 21.4. The normalized spacial score (nSPS) is 14.9. The molecule has 2 aromatic carbocycles. The third-order valence-corrected chi connectivity index (χ3v) is 5.39. The van der Waals surface area contributed by atoms with Gasteiger partial charge in [-0.1, -0.05) is 24.3 Å². The fourth-order valence-corrected chi connectivity index (χ4v) is 3.80. The number of morpholine rings is 1. The summed E-state index contributed by atoms with van der Waals surface area (Å²) in [6.07, 6.45) is -3.09. The third-order valence-electron chi connectivity index (χ3n) is 5.39. The number of H-pyrrole nitrogens is 1. The number of rotatable bonds is 3. The molecule has 3 heterocycles. The summed E-state index contributed by atoms with van der Waals surface area (Å²) in [5.74, 6) is 0.665. The fourth-order valence-electron chi connectivity index (χ4n) is 3.80. The first-order chi connectivity index (χ1) is 15.0. The van der Waals surface area contributed by atoms with Gasteiger partial charge in [0, 0.05) is 36.1 Å². The zero-order valence-corrected chi connectivity index (χ0v) is 16.5. The molecule has 8 heteroatoms. The predicted octanol–water partition coefficient (Wildman–Crippen LogP) is 5.15. The fraction of sp³-hybridized carbons (Fsp3) is 0.217. The van der Waals surface area contributed by atoms with Crippen LogP contribution in [0.4, 0.5) is 18.9 Å². The highest BCUT2D eigenvalue weighted by atomic mass is 19.4. The number of hydrogen-bond donors (Lipinski definition) is 1. The monoisotopic (exact) mass is 424 g/mol. The van der Waals surface area contributed by atoms with Crippen LogP contribution < -0.4 is 4.90 Å². The van der Waals surface area contributed by atoms with Crippen LogP contribution in [0, 0.1) is 0 Å². The first-order valence-corrected chi connectivity index (χ1v) is 9.94. The summed E-state index contributed by atoms with van der Waals surface area (Å²) in [5.41, 5.74) is 3.21. The second-order valence-corrected chi connectivity index (χ2v) is 7.36. The number of alkyl halides is 3. The molecule has 1 N–H and O–H groups in total. The van der Waals surface area contributed by atoms with E-state index in [4.69, 9.17) is 4.74 Å². The van der Waals surface area contributed by atoms with Crippen molar-refractivity contribution in [2.45, 2.75) is 6.18 Å². The molecule has 0 saturated carbocycles. The van der Waals surface area contributed by atoms with E-state index in [1.807, 2.05) is 12.1 Å². The molecule has 2 aromatic heterocycles. The number of imidazole rings is 1. The van der Waals surface area contributed by atoms with Gasteiger partial charge >= 0.3 is 6.18 Å². The van der Waals surface area contributed by atoms with Crippen LogP contribution in [0.5, 0.6) is 0 Å². The first-order valence-electron chi connectivity index (χ1n) is 9.94. The highest BCUT2D eigenvalue weighted by Crippen LogP contribution is 2.36. The molecule has 1 aliphatic heterocycles. The Morgan fingerprint density at radius 3 is 2.42 bits per heavy atom. The molecule has 5 rings (SSSR count). The van der Waals surface area contributed by atoms with Gasteiger partial charge in [0.25, 0.3) is 0 Å². The van der Waals surface area contributed by atoms with Gasteiger partial charge in [-0.15, -0.1) is 0 Å². The molecule has 0 bridgehead atoms. The Labute approximate surface area is 176 Å². The lowest BCUT2D eigenvalue weighted by molar-refractivity contribution is -0.137. The number of halogens is 3. The van der Waals surface area contributed by atoms with Crippen molar-refractivity contribution in [1.29, 1.82) is 0 Å². The van der Waals surface area contributed by atoms with Crippen molar-refractivity contribution < 1.29 is 17.9 Å². The van der Waals surface area contributed by atoms with E-state index >= 15 is 0 Å². The molecule has 0 atom stereocenters.